The molecule has 1 unspecified atom stereocenters. The Labute approximate surface area is 97.8 Å². The number of carboxylic acid groups (broad SMARTS) is 1. The predicted molar refractivity (Wildman–Crippen MR) is 58.3 cm³/mol. The Kier molecular flexibility index (Phi) is 4.77. The van der Waals surface area contributed by atoms with Crippen LogP contribution in [0.4, 0.5) is 10.2 Å². The first kappa shape index (κ1) is 13.3. The van der Waals surface area contributed by atoms with Gasteiger partial charge in [0.25, 0.3) is 0 Å². The summed E-state index contributed by atoms with van der Waals surface area (Å²) in [5, 5.41) is 11.5. The quantitative estimate of drug-likeness (QED) is 0.769. The Bertz CT molecular complexity index is 400. The molecule has 6 nitrogen and oxygen atoms in total. The standard InChI is InChI=1S/C10H14FN3O3/c1-6-8(11)9(13-5-12-6)14-7(10(15)16)3-4-17-2/h5,7H,3-4H2,1-2H3,(H,15,16)(H,12,13,14). The summed E-state index contributed by atoms with van der Waals surface area (Å²) < 4.78 is 18.3. The third-order valence-electron chi connectivity index (χ3n) is 2.18. The number of aryl methyl sites for hydroxylation is 1. The summed E-state index contributed by atoms with van der Waals surface area (Å²) in [5.74, 6) is -1.84. The molecule has 1 aromatic rings. The van der Waals surface area contributed by atoms with Crippen molar-refractivity contribution in [1.82, 2.24) is 9.97 Å². The van der Waals surface area contributed by atoms with Crippen molar-refractivity contribution in [2.24, 2.45) is 0 Å². The Morgan fingerprint density at radius 2 is 2.35 bits per heavy atom. The van der Waals surface area contributed by atoms with E-state index in [4.69, 9.17) is 9.84 Å². The molecule has 0 spiro atoms. The van der Waals surface area contributed by atoms with E-state index in [1.165, 1.54) is 20.4 Å². The van der Waals surface area contributed by atoms with Gasteiger partial charge in [-0.1, -0.05) is 0 Å². The summed E-state index contributed by atoms with van der Waals surface area (Å²) in [5.41, 5.74) is 0.165. The SMILES string of the molecule is COCCC(Nc1ncnc(C)c1F)C(=O)O. The largest absolute Gasteiger partial charge is 0.480 e. The molecule has 0 saturated heterocycles. The first-order valence-corrected chi connectivity index (χ1v) is 5.01. The number of rotatable bonds is 6. The molecule has 0 aliphatic carbocycles. The molecule has 1 atom stereocenters. The molecule has 17 heavy (non-hydrogen) atoms. The zero-order valence-corrected chi connectivity index (χ0v) is 9.61. The molecule has 0 aliphatic rings. The van der Waals surface area contributed by atoms with E-state index in [1.807, 2.05) is 0 Å². The van der Waals surface area contributed by atoms with Gasteiger partial charge in [-0.15, -0.1) is 0 Å². The van der Waals surface area contributed by atoms with Crippen molar-refractivity contribution >= 4 is 11.8 Å². The van der Waals surface area contributed by atoms with Crippen molar-refractivity contribution in [3.05, 3.63) is 17.8 Å². The summed E-state index contributed by atoms with van der Waals surface area (Å²) >= 11 is 0. The van der Waals surface area contributed by atoms with Crippen molar-refractivity contribution < 1.29 is 19.0 Å². The van der Waals surface area contributed by atoms with E-state index >= 15 is 0 Å². The Balaban J connectivity index is 2.78. The maximum atomic E-state index is 13.5. The smallest absolute Gasteiger partial charge is 0.326 e. The van der Waals surface area contributed by atoms with Crippen LogP contribution in [0.3, 0.4) is 0 Å². The minimum Gasteiger partial charge on any atom is -0.480 e. The van der Waals surface area contributed by atoms with Gasteiger partial charge in [0.1, 0.15) is 12.4 Å². The molecule has 0 radical (unpaired) electrons. The first-order valence-electron chi connectivity index (χ1n) is 5.01. The van der Waals surface area contributed by atoms with Crippen molar-refractivity contribution in [2.45, 2.75) is 19.4 Å². The molecule has 1 aromatic heterocycles. The van der Waals surface area contributed by atoms with Gasteiger partial charge in [-0.25, -0.2) is 19.2 Å². The van der Waals surface area contributed by atoms with Crippen LogP contribution in [-0.2, 0) is 9.53 Å². The van der Waals surface area contributed by atoms with Gasteiger partial charge in [-0.3, -0.25) is 0 Å². The fourth-order valence-electron chi connectivity index (χ4n) is 1.22. The van der Waals surface area contributed by atoms with Crippen LogP contribution in [-0.4, -0.2) is 40.8 Å². The van der Waals surface area contributed by atoms with E-state index in [-0.39, 0.29) is 24.5 Å². The zero-order valence-electron chi connectivity index (χ0n) is 9.61. The number of aliphatic carboxylic acids is 1. The second-order valence-corrected chi connectivity index (χ2v) is 3.44. The number of anilines is 1. The highest BCUT2D eigenvalue weighted by atomic mass is 19.1. The molecule has 7 heteroatoms. The van der Waals surface area contributed by atoms with E-state index in [0.29, 0.717) is 0 Å². The van der Waals surface area contributed by atoms with Crippen LogP contribution in [0, 0.1) is 12.7 Å². The van der Waals surface area contributed by atoms with Crippen LogP contribution in [0.15, 0.2) is 6.33 Å². The second kappa shape index (κ2) is 6.09. The van der Waals surface area contributed by atoms with Crippen LogP contribution in [0.1, 0.15) is 12.1 Å². The molecule has 0 fully saturated rings. The third kappa shape index (κ3) is 3.63. The number of carboxylic acids is 1. The van der Waals surface area contributed by atoms with E-state index in [2.05, 4.69) is 15.3 Å². The monoisotopic (exact) mass is 243 g/mol. The molecule has 0 bridgehead atoms. The molecule has 0 aromatic carbocycles. The van der Waals surface area contributed by atoms with Crippen LogP contribution in [0.5, 0.6) is 0 Å². The molecule has 0 saturated carbocycles. The summed E-state index contributed by atoms with van der Waals surface area (Å²) in [6.45, 7) is 1.74. The predicted octanol–water partition coefficient (Wildman–Crippen LogP) is 0.826. The van der Waals surface area contributed by atoms with Crippen molar-refractivity contribution in [1.29, 1.82) is 0 Å². The van der Waals surface area contributed by atoms with Gasteiger partial charge in [0, 0.05) is 20.1 Å². The highest BCUT2D eigenvalue weighted by Crippen LogP contribution is 2.13. The normalized spacial score (nSPS) is 12.2. The summed E-state index contributed by atoms with van der Waals surface area (Å²) in [7, 11) is 1.47. The summed E-state index contributed by atoms with van der Waals surface area (Å²) in [6.07, 6.45) is 1.39. The van der Waals surface area contributed by atoms with Crippen LogP contribution < -0.4 is 5.32 Å². The van der Waals surface area contributed by atoms with Crippen molar-refractivity contribution in [3.63, 3.8) is 0 Å². The molecular weight excluding hydrogens is 229 g/mol. The zero-order chi connectivity index (χ0) is 12.8. The number of methoxy groups -OCH3 is 1. The Morgan fingerprint density at radius 1 is 1.65 bits per heavy atom. The lowest BCUT2D eigenvalue weighted by molar-refractivity contribution is -0.138. The molecule has 94 valence electrons. The maximum absolute atomic E-state index is 13.5. The van der Waals surface area contributed by atoms with Crippen molar-refractivity contribution in [3.8, 4) is 0 Å². The number of carbonyl (C=O) groups is 1. The number of halogens is 1. The van der Waals surface area contributed by atoms with E-state index in [1.54, 1.807) is 0 Å². The Hall–Kier alpha value is -1.76. The van der Waals surface area contributed by atoms with Crippen LogP contribution in [0.2, 0.25) is 0 Å². The summed E-state index contributed by atoms with van der Waals surface area (Å²) in [4.78, 5) is 18.2. The number of hydrogen-bond donors (Lipinski definition) is 2. The van der Waals surface area contributed by atoms with E-state index < -0.39 is 17.8 Å². The minimum absolute atomic E-state index is 0.110. The number of nitrogens with one attached hydrogen (secondary N) is 1. The average Bonchev–Trinajstić information content (AvgIpc) is 2.29. The lowest BCUT2D eigenvalue weighted by atomic mass is 10.2. The fourth-order valence-corrected chi connectivity index (χ4v) is 1.22. The van der Waals surface area contributed by atoms with Gasteiger partial charge in [0.2, 0.25) is 0 Å². The molecule has 1 heterocycles. The molecule has 0 amide bonds. The third-order valence-corrected chi connectivity index (χ3v) is 2.18. The number of ether oxygens (including phenoxy) is 1. The van der Waals surface area contributed by atoms with Gasteiger partial charge in [-0.2, -0.15) is 0 Å². The topological polar surface area (TPSA) is 84.3 Å². The number of nitrogens with zero attached hydrogens (tertiary/aromatic N) is 2. The average molecular weight is 243 g/mol. The highest BCUT2D eigenvalue weighted by molar-refractivity contribution is 5.76. The first-order chi connectivity index (χ1) is 8.06. The van der Waals surface area contributed by atoms with Crippen molar-refractivity contribution in [2.75, 3.05) is 19.0 Å². The van der Waals surface area contributed by atoms with Crippen LogP contribution in [0.25, 0.3) is 0 Å². The molecular formula is C10H14FN3O3. The van der Waals surface area contributed by atoms with E-state index in [0.717, 1.165) is 0 Å². The maximum Gasteiger partial charge on any atom is 0.326 e. The highest BCUT2D eigenvalue weighted by Gasteiger charge is 2.19. The van der Waals surface area contributed by atoms with Gasteiger partial charge < -0.3 is 15.2 Å². The van der Waals surface area contributed by atoms with Gasteiger partial charge in [0.15, 0.2) is 11.6 Å². The lowest BCUT2D eigenvalue weighted by Crippen LogP contribution is -2.31. The van der Waals surface area contributed by atoms with Gasteiger partial charge >= 0.3 is 5.97 Å². The second-order valence-electron chi connectivity index (χ2n) is 3.44. The number of hydrogen-bond acceptors (Lipinski definition) is 5. The van der Waals surface area contributed by atoms with Gasteiger partial charge in [-0.05, 0) is 6.92 Å². The lowest BCUT2D eigenvalue weighted by Gasteiger charge is -2.15. The molecule has 2 N–H and O–H groups in total. The van der Waals surface area contributed by atoms with Crippen LogP contribution >= 0.6 is 0 Å². The van der Waals surface area contributed by atoms with Gasteiger partial charge in [0.05, 0.1) is 5.69 Å². The van der Waals surface area contributed by atoms with E-state index in [9.17, 15) is 9.18 Å². The molecule has 1 rings (SSSR count). The summed E-state index contributed by atoms with van der Waals surface area (Å²) in [6, 6.07) is -0.946. The minimum atomic E-state index is -1.09. The Morgan fingerprint density at radius 3 is 2.94 bits per heavy atom. The number of aromatic nitrogens is 2. The molecule has 0 aliphatic heterocycles. The fraction of sp³-hybridized carbons (Fsp3) is 0.500.